The first-order valence-electron chi connectivity index (χ1n) is 12.6. The van der Waals surface area contributed by atoms with Crippen LogP contribution in [0.25, 0.3) is 10.2 Å². The Bertz CT molecular complexity index is 1220. The summed E-state index contributed by atoms with van der Waals surface area (Å²) in [5, 5.41) is 1.12. The summed E-state index contributed by atoms with van der Waals surface area (Å²) in [6, 6.07) is 8.37. The van der Waals surface area contributed by atoms with Gasteiger partial charge in [0.05, 0.1) is 11.3 Å². The number of thiophene rings is 1. The van der Waals surface area contributed by atoms with Crippen molar-refractivity contribution in [1.29, 1.82) is 0 Å². The number of carbonyl (C=O) groups excluding carboxylic acids is 1. The maximum Gasteiger partial charge on any atom is 0.231 e. The number of fused-ring (bicyclic) bond motifs is 2. The number of nitrogens with zero attached hydrogens (tertiary/aromatic N) is 5. The number of piperazine rings is 1. The highest BCUT2D eigenvalue weighted by molar-refractivity contribution is 7.18. The van der Waals surface area contributed by atoms with Crippen LogP contribution in [0.15, 0.2) is 30.6 Å². The summed E-state index contributed by atoms with van der Waals surface area (Å²) in [6.07, 6.45) is 4.63. The van der Waals surface area contributed by atoms with E-state index >= 15 is 0 Å². The minimum absolute atomic E-state index is 0.0263. The first-order valence-corrected chi connectivity index (χ1v) is 13.4. The molecule has 6 rings (SSSR count). The average molecular weight is 494 g/mol. The minimum Gasteiger partial charge on any atom is -0.454 e. The van der Waals surface area contributed by atoms with Gasteiger partial charge in [0.15, 0.2) is 11.5 Å². The van der Waals surface area contributed by atoms with Crippen LogP contribution in [0.1, 0.15) is 30.2 Å². The van der Waals surface area contributed by atoms with Gasteiger partial charge in [-0.1, -0.05) is 13.0 Å². The SMILES string of the molecule is CCc1cc2c(N3CCC[C@H](C(=O)N4CCN(Cc5ccc6c(c5)OCO6)CC4)C3)ncnc2s1. The van der Waals surface area contributed by atoms with E-state index in [0.717, 1.165) is 92.6 Å². The van der Waals surface area contributed by atoms with Gasteiger partial charge < -0.3 is 19.3 Å². The molecule has 3 aliphatic rings. The molecule has 3 aliphatic heterocycles. The summed E-state index contributed by atoms with van der Waals surface area (Å²) in [7, 11) is 0. The largest absolute Gasteiger partial charge is 0.454 e. The molecule has 0 radical (unpaired) electrons. The highest BCUT2D eigenvalue weighted by Gasteiger charge is 2.32. The van der Waals surface area contributed by atoms with Gasteiger partial charge in [-0.15, -0.1) is 11.3 Å². The molecule has 0 bridgehead atoms. The zero-order valence-corrected chi connectivity index (χ0v) is 20.9. The quantitative estimate of drug-likeness (QED) is 0.538. The first kappa shape index (κ1) is 22.5. The number of ether oxygens (including phenoxy) is 2. The number of carbonyl (C=O) groups is 1. The molecule has 1 aromatic carbocycles. The van der Waals surface area contributed by atoms with Crippen LogP contribution < -0.4 is 14.4 Å². The Labute approximate surface area is 209 Å². The van der Waals surface area contributed by atoms with Gasteiger partial charge in [0.2, 0.25) is 12.7 Å². The number of benzene rings is 1. The lowest BCUT2D eigenvalue weighted by Crippen LogP contribution is -2.52. The second kappa shape index (κ2) is 9.62. The fourth-order valence-corrected chi connectivity index (χ4v) is 6.30. The number of piperidine rings is 1. The van der Waals surface area contributed by atoms with E-state index in [2.05, 4.69) is 49.8 Å². The first-order chi connectivity index (χ1) is 17.2. The van der Waals surface area contributed by atoms with Gasteiger partial charge >= 0.3 is 0 Å². The van der Waals surface area contributed by atoms with E-state index in [1.807, 2.05) is 6.07 Å². The Hall–Kier alpha value is -2.91. The van der Waals surface area contributed by atoms with Crippen molar-refractivity contribution in [3.63, 3.8) is 0 Å². The van der Waals surface area contributed by atoms with Crippen LogP contribution >= 0.6 is 11.3 Å². The van der Waals surface area contributed by atoms with Crippen molar-refractivity contribution in [3.8, 4) is 11.5 Å². The molecule has 0 spiro atoms. The third-order valence-corrected chi connectivity index (χ3v) is 8.49. The maximum atomic E-state index is 13.5. The fourth-order valence-electron chi connectivity index (χ4n) is 5.37. The van der Waals surface area contributed by atoms with Gasteiger partial charge in [0.1, 0.15) is 17.0 Å². The van der Waals surface area contributed by atoms with E-state index in [0.29, 0.717) is 12.7 Å². The van der Waals surface area contributed by atoms with Crippen molar-refractivity contribution < 1.29 is 14.3 Å². The molecule has 1 atom stereocenters. The van der Waals surface area contributed by atoms with Crippen LogP contribution in [0.2, 0.25) is 0 Å². The Morgan fingerprint density at radius 1 is 1.09 bits per heavy atom. The summed E-state index contributed by atoms with van der Waals surface area (Å²) in [5.41, 5.74) is 1.22. The van der Waals surface area contributed by atoms with Crippen LogP contribution in [-0.2, 0) is 17.8 Å². The van der Waals surface area contributed by atoms with Crippen molar-refractivity contribution in [1.82, 2.24) is 19.8 Å². The summed E-state index contributed by atoms with van der Waals surface area (Å²) >= 11 is 1.74. The normalized spacial score (nSPS) is 20.5. The van der Waals surface area contributed by atoms with Crippen LogP contribution in [0.3, 0.4) is 0 Å². The third kappa shape index (κ3) is 4.54. The number of hydrogen-bond donors (Lipinski definition) is 0. The van der Waals surface area contributed by atoms with Crippen molar-refractivity contribution in [2.45, 2.75) is 32.7 Å². The molecule has 2 saturated heterocycles. The molecular formula is C26H31N5O3S. The molecule has 3 aromatic rings. The summed E-state index contributed by atoms with van der Waals surface area (Å²) < 4.78 is 10.9. The van der Waals surface area contributed by atoms with Gasteiger partial charge in [-0.3, -0.25) is 9.69 Å². The van der Waals surface area contributed by atoms with Crippen LogP contribution in [0, 0.1) is 5.92 Å². The van der Waals surface area contributed by atoms with Gasteiger partial charge in [-0.25, -0.2) is 9.97 Å². The Balaban J connectivity index is 1.07. The van der Waals surface area contributed by atoms with E-state index in [1.165, 1.54) is 10.4 Å². The molecule has 0 unspecified atom stereocenters. The highest BCUT2D eigenvalue weighted by Crippen LogP contribution is 2.34. The lowest BCUT2D eigenvalue weighted by molar-refractivity contribution is -0.137. The monoisotopic (exact) mass is 493 g/mol. The molecule has 35 heavy (non-hydrogen) atoms. The molecule has 0 saturated carbocycles. The third-order valence-electron chi connectivity index (χ3n) is 7.31. The Morgan fingerprint density at radius 3 is 2.80 bits per heavy atom. The second-order valence-electron chi connectivity index (χ2n) is 9.56. The van der Waals surface area contributed by atoms with Crippen LogP contribution in [0.4, 0.5) is 5.82 Å². The van der Waals surface area contributed by atoms with Crippen LogP contribution in [0.5, 0.6) is 11.5 Å². The van der Waals surface area contributed by atoms with Crippen molar-refractivity contribution in [3.05, 3.63) is 41.0 Å². The molecule has 2 aromatic heterocycles. The number of rotatable bonds is 5. The Kier molecular flexibility index (Phi) is 6.20. The minimum atomic E-state index is 0.0263. The highest BCUT2D eigenvalue weighted by atomic mass is 32.1. The van der Waals surface area contributed by atoms with E-state index < -0.39 is 0 Å². The molecule has 5 heterocycles. The van der Waals surface area contributed by atoms with Crippen molar-refractivity contribution in [2.24, 2.45) is 5.92 Å². The zero-order chi connectivity index (χ0) is 23.8. The van der Waals surface area contributed by atoms with E-state index in [1.54, 1.807) is 17.7 Å². The summed E-state index contributed by atoms with van der Waals surface area (Å²) in [5.74, 6) is 2.95. The lowest BCUT2D eigenvalue weighted by atomic mass is 9.96. The molecule has 9 heteroatoms. The van der Waals surface area contributed by atoms with Gasteiger partial charge in [0.25, 0.3) is 0 Å². The van der Waals surface area contributed by atoms with E-state index in [4.69, 9.17) is 9.47 Å². The smallest absolute Gasteiger partial charge is 0.231 e. The Morgan fingerprint density at radius 2 is 1.94 bits per heavy atom. The molecule has 184 valence electrons. The second-order valence-corrected chi connectivity index (χ2v) is 10.7. The standard InChI is InChI=1S/C26H31N5O3S/c1-2-20-13-21-24(27-16-28-25(21)35-20)31-7-3-4-19(15-31)26(32)30-10-8-29(9-11-30)14-18-5-6-22-23(12-18)34-17-33-22/h5-6,12-13,16,19H,2-4,7-11,14-15,17H2,1H3/t19-/m0/s1. The molecule has 0 N–H and O–H groups in total. The van der Waals surface area contributed by atoms with Gasteiger partial charge in [-0.05, 0) is 43.0 Å². The number of aryl methyl sites for hydroxylation is 1. The zero-order valence-electron chi connectivity index (χ0n) is 20.1. The predicted octanol–water partition coefficient (Wildman–Crippen LogP) is 3.54. The van der Waals surface area contributed by atoms with Crippen molar-refractivity contribution in [2.75, 3.05) is 51.0 Å². The predicted molar refractivity (Wildman–Crippen MR) is 136 cm³/mol. The molecule has 1 amide bonds. The molecule has 0 aliphatic carbocycles. The topological polar surface area (TPSA) is 71.0 Å². The molecule has 2 fully saturated rings. The number of anilines is 1. The summed E-state index contributed by atoms with van der Waals surface area (Å²) in [6.45, 7) is 8.34. The average Bonchev–Trinajstić information content (AvgIpc) is 3.55. The number of amides is 1. The lowest BCUT2D eigenvalue weighted by Gasteiger charge is -2.39. The fraction of sp³-hybridized carbons (Fsp3) is 0.500. The van der Waals surface area contributed by atoms with E-state index in [9.17, 15) is 4.79 Å². The summed E-state index contributed by atoms with van der Waals surface area (Å²) in [4.78, 5) is 31.7. The molecular weight excluding hydrogens is 462 g/mol. The number of hydrogen-bond acceptors (Lipinski definition) is 8. The number of aromatic nitrogens is 2. The van der Waals surface area contributed by atoms with Crippen LogP contribution in [-0.4, -0.2) is 71.7 Å². The van der Waals surface area contributed by atoms with E-state index in [-0.39, 0.29) is 5.92 Å². The molecule has 8 nitrogen and oxygen atoms in total. The van der Waals surface area contributed by atoms with Gasteiger partial charge in [-0.2, -0.15) is 0 Å². The van der Waals surface area contributed by atoms with Crippen molar-refractivity contribution >= 4 is 33.3 Å². The maximum absolute atomic E-state index is 13.5. The van der Waals surface area contributed by atoms with Gasteiger partial charge in [0, 0.05) is 50.7 Å².